The van der Waals surface area contributed by atoms with E-state index in [9.17, 15) is 10.1 Å². The van der Waals surface area contributed by atoms with Gasteiger partial charge in [0.1, 0.15) is 5.76 Å². The monoisotopic (exact) mass is 308 g/mol. The van der Waals surface area contributed by atoms with Crippen LogP contribution in [0.4, 0.5) is 23.3 Å². The lowest BCUT2D eigenvalue weighted by Crippen LogP contribution is -2.50. The summed E-state index contributed by atoms with van der Waals surface area (Å²) in [4.78, 5) is 18.5. The van der Waals surface area contributed by atoms with Crippen molar-refractivity contribution in [2.24, 2.45) is 0 Å². The van der Waals surface area contributed by atoms with E-state index in [1.165, 1.54) is 6.26 Å². The fourth-order valence-corrected chi connectivity index (χ4v) is 1.76. The molecule has 0 fully saturated rings. The number of anilines is 3. The third kappa shape index (κ3) is 3.82. The number of nitrogen functional groups attached to an aromatic ring is 1. The van der Waals surface area contributed by atoms with Gasteiger partial charge in [-0.25, -0.2) is 0 Å². The van der Waals surface area contributed by atoms with E-state index in [2.05, 4.69) is 26.3 Å². The molecule has 2 rings (SSSR count). The van der Waals surface area contributed by atoms with Gasteiger partial charge in [-0.05, 0) is 12.1 Å². The largest absolute Gasteiger partial charge is 0.467 e. The zero-order valence-corrected chi connectivity index (χ0v) is 11.9. The highest BCUT2D eigenvalue weighted by molar-refractivity contribution is 5.69. The van der Waals surface area contributed by atoms with Gasteiger partial charge in [0.2, 0.25) is 17.6 Å². The lowest BCUT2D eigenvalue weighted by Gasteiger charge is -2.09. The average molecular weight is 308 g/mol. The van der Waals surface area contributed by atoms with Crippen molar-refractivity contribution in [3.05, 3.63) is 34.3 Å². The minimum atomic E-state index is -0.612. The van der Waals surface area contributed by atoms with E-state index >= 15 is 0 Å². The van der Waals surface area contributed by atoms with Gasteiger partial charge in [-0.1, -0.05) is 0 Å². The average Bonchev–Trinajstić information content (AvgIpc) is 2.97. The number of aromatic nitrogens is 2. The van der Waals surface area contributed by atoms with Crippen LogP contribution in [0, 0.1) is 10.1 Å². The fraction of sp³-hybridized carbons (Fsp3) is 0.333. The summed E-state index contributed by atoms with van der Waals surface area (Å²) >= 11 is 0. The Morgan fingerprint density at radius 1 is 1.41 bits per heavy atom. The molecule has 10 heteroatoms. The van der Waals surface area contributed by atoms with E-state index < -0.39 is 4.92 Å². The van der Waals surface area contributed by atoms with Crippen LogP contribution in [0.3, 0.4) is 0 Å². The van der Waals surface area contributed by atoms with Crippen LogP contribution in [0.15, 0.2) is 22.8 Å². The summed E-state index contributed by atoms with van der Waals surface area (Å²) < 4.78 is 5.17. The summed E-state index contributed by atoms with van der Waals surface area (Å²) in [5.41, 5.74) is 9.04. The summed E-state index contributed by atoms with van der Waals surface area (Å²) in [6.07, 6.45) is 2.35. The maximum Gasteiger partial charge on any atom is 0.353 e. The molecule has 2 heterocycles. The molecule has 7 N–H and O–H groups in total. The maximum absolute atomic E-state index is 11.1. The molecule has 2 aromatic rings. The quantitative estimate of drug-likeness (QED) is 0.306. The second kappa shape index (κ2) is 7.22. The first-order chi connectivity index (χ1) is 10.6. The summed E-state index contributed by atoms with van der Waals surface area (Å²) in [5, 5.41) is 16.9. The van der Waals surface area contributed by atoms with Gasteiger partial charge in [-0.15, -0.1) is 0 Å². The zero-order chi connectivity index (χ0) is 15.9. The highest BCUT2D eigenvalue weighted by Crippen LogP contribution is 2.29. The summed E-state index contributed by atoms with van der Waals surface area (Å²) in [6, 6.07) is 3.47. The van der Waals surface area contributed by atoms with E-state index in [4.69, 9.17) is 10.2 Å². The molecular formula is C12H18N7O3+. The topological polar surface area (TPSA) is 160 Å². The molecule has 118 valence electrons. The van der Waals surface area contributed by atoms with Gasteiger partial charge in [0, 0.05) is 13.0 Å². The standard InChI is InChI=1S/C12H17N7O3/c13-4-2-5-15-12-17-10(14)9(19(20)21)11(18-12)16-7-8-3-1-6-22-8/h1,3,6H,2,4-5,7,13H2,(H4,14,15,16,17,18)/p+1. The molecule has 0 saturated carbocycles. The summed E-state index contributed by atoms with van der Waals surface area (Å²) in [7, 11) is 0. The van der Waals surface area contributed by atoms with Crippen molar-refractivity contribution in [3.8, 4) is 0 Å². The molecule has 0 aliphatic carbocycles. The third-order valence-electron chi connectivity index (χ3n) is 2.81. The van der Waals surface area contributed by atoms with Crippen molar-refractivity contribution in [1.29, 1.82) is 0 Å². The lowest BCUT2D eigenvalue weighted by molar-refractivity contribution is -0.383. The number of hydrogen-bond donors (Lipinski definition) is 4. The molecule has 0 aliphatic heterocycles. The minimum absolute atomic E-state index is 0.0472. The van der Waals surface area contributed by atoms with Crippen molar-refractivity contribution in [1.82, 2.24) is 9.97 Å². The Balaban J connectivity index is 2.20. The molecule has 0 aliphatic rings. The molecule has 0 atom stereocenters. The Hall–Kier alpha value is -2.88. The van der Waals surface area contributed by atoms with Crippen LogP contribution in [0.1, 0.15) is 12.2 Å². The summed E-state index contributed by atoms with van der Waals surface area (Å²) in [6.45, 7) is 1.63. The van der Waals surface area contributed by atoms with Gasteiger partial charge in [-0.3, -0.25) is 10.1 Å². The first-order valence-electron chi connectivity index (χ1n) is 6.73. The van der Waals surface area contributed by atoms with Gasteiger partial charge in [0.05, 0.1) is 24.3 Å². The molecule has 2 aromatic heterocycles. The van der Waals surface area contributed by atoms with Gasteiger partial charge in [0.15, 0.2) is 0 Å². The highest BCUT2D eigenvalue weighted by atomic mass is 16.6. The molecule has 0 radical (unpaired) electrons. The van der Waals surface area contributed by atoms with E-state index in [0.717, 1.165) is 13.0 Å². The Morgan fingerprint density at radius 2 is 2.23 bits per heavy atom. The molecule has 0 spiro atoms. The van der Waals surface area contributed by atoms with Crippen molar-refractivity contribution >= 4 is 23.3 Å². The van der Waals surface area contributed by atoms with E-state index in [-0.39, 0.29) is 29.8 Å². The second-order valence-electron chi connectivity index (χ2n) is 4.45. The Bertz CT molecular complexity index is 630. The van der Waals surface area contributed by atoms with Crippen LogP contribution in [0.5, 0.6) is 0 Å². The summed E-state index contributed by atoms with van der Waals surface area (Å²) in [5.74, 6) is 0.710. The number of quaternary nitrogens is 1. The van der Waals surface area contributed by atoms with Gasteiger partial charge in [0.25, 0.3) is 0 Å². The van der Waals surface area contributed by atoms with Crippen LogP contribution in [0.2, 0.25) is 0 Å². The number of nitrogens with two attached hydrogens (primary N) is 1. The van der Waals surface area contributed by atoms with Crippen molar-refractivity contribution < 1.29 is 15.1 Å². The van der Waals surface area contributed by atoms with Gasteiger partial charge >= 0.3 is 5.69 Å². The third-order valence-corrected chi connectivity index (χ3v) is 2.81. The van der Waals surface area contributed by atoms with Crippen molar-refractivity contribution in [2.75, 3.05) is 29.5 Å². The molecule has 0 unspecified atom stereocenters. The number of hydrogen-bond acceptors (Lipinski definition) is 8. The Labute approximate surface area is 126 Å². The molecule has 0 aromatic carbocycles. The number of rotatable bonds is 8. The van der Waals surface area contributed by atoms with Crippen molar-refractivity contribution in [2.45, 2.75) is 13.0 Å². The molecule has 0 saturated heterocycles. The fourth-order valence-electron chi connectivity index (χ4n) is 1.76. The zero-order valence-electron chi connectivity index (χ0n) is 11.9. The molecule has 10 nitrogen and oxygen atoms in total. The van der Waals surface area contributed by atoms with Crippen molar-refractivity contribution in [3.63, 3.8) is 0 Å². The number of nitrogens with one attached hydrogen (secondary N) is 2. The van der Waals surface area contributed by atoms with Gasteiger partial charge < -0.3 is 26.5 Å². The van der Waals surface area contributed by atoms with Crippen LogP contribution in [-0.4, -0.2) is 28.0 Å². The molecule has 0 amide bonds. The first kappa shape index (κ1) is 15.5. The normalized spacial score (nSPS) is 10.4. The molecule has 0 bridgehead atoms. The second-order valence-corrected chi connectivity index (χ2v) is 4.45. The smallest absolute Gasteiger partial charge is 0.353 e. The van der Waals surface area contributed by atoms with E-state index in [0.29, 0.717) is 12.3 Å². The van der Waals surface area contributed by atoms with Crippen LogP contribution >= 0.6 is 0 Å². The predicted octanol–water partition coefficient (Wildman–Crippen LogP) is 0.216. The van der Waals surface area contributed by atoms with Gasteiger partial charge in [-0.2, -0.15) is 9.97 Å². The Kier molecular flexibility index (Phi) is 5.09. The van der Waals surface area contributed by atoms with Crippen LogP contribution in [0.25, 0.3) is 0 Å². The van der Waals surface area contributed by atoms with Crippen LogP contribution < -0.4 is 22.1 Å². The maximum atomic E-state index is 11.1. The SMILES string of the molecule is Nc1nc(NCCC[NH3+])nc(NCc2ccco2)c1[N+](=O)[O-]. The molecule has 22 heavy (non-hydrogen) atoms. The first-order valence-corrected chi connectivity index (χ1v) is 6.73. The van der Waals surface area contributed by atoms with E-state index in [1.807, 2.05) is 0 Å². The highest BCUT2D eigenvalue weighted by Gasteiger charge is 2.23. The Morgan fingerprint density at radius 3 is 2.86 bits per heavy atom. The number of nitro groups is 1. The molecular weight excluding hydrogens is 290 g/mol. The minimum Gasteiger partial charge on any atom is -0.467 e. The van der Waals surface area contributed by atoms with Crippen LogP contribution in [-0.2, 0) is 6.54 Å². The van der Waals surface area contributed by atoms with E-state index in [1.54, 1.807) is 12.1 Å². The number of furan rings is 1. The predicted molar refractivity (Wildman–Crippen MR) is 80.0 cm³/mol. The lowest BCUT2D eigenvalue weighted by atomic mass is 10.4. The number of nitrogens with zero attached hydrogens (tertiary/aromatic N) is 3.